The minimum atomic E-state index is -0.288. The summed E-state index contributed by atoms with van der Waals surface area (Å²) >= 11 is 0. The molecule has 5 aromatic rings. The molecule has 1 fully saturated rings. The van der Waals surface area contributed by atoms with Crippen molar-refractivity contribution in [2.75, 3.05) is 12.8 Å². The van der Waals surface area contributed by atoms with Gasteiger partial charge in [0.15, 0.2) is 5.65 Å². The number of amides is 1. The molecule has 3 aromatic carbocycles. The summed E-state index contributed by atoms with van der Waals surface area (Å²) in [6, 6.07) is 22.5. The van der Waals surface area contributed by atoms with Crippen LogP contribution < -0.4 is 15.8 Å². The van der Waals surface area contributed by atoms with Crippen LogP contribution in [0.2, 0.25) is 0 Å². The lowest BCUT2D eigenvalue weighted by Crippen LogP contribution is -2.26. The van der Waals surface area contributed by atoms with Crippen molar-refractivity contribution in [2.45, 2.75) is 51.3 Å². The quantitative estimate of drug-likeness (QED) is 0.221. The van der Waals surface area contributed by atoms with Gasteiger partial charge in [-0.3, -0.25) is 4.79 Å². The lowest BCUT2D eigenvalue weighted by atomic mass is 9.93. The second kappa shape index (κ2) is 12.5. The first-order valence-corrected chi connectivity index (χ1v) is 14.7. The van der Waals surface area contributed by atoms with Crippen LogP contribution in [-0.4, -0.2) is 44.8 Å². The summed E-state index contributed by atoms with van der Waals surface area (Å²) in [5.74, 6) is 0.397. The van der Waals surface area contributed by atoms with Crippen LogP contribution in [-0.2, 0) is 11.3 Å². The lowest BCUT2D eigenvalue weighted by molar-refractivity contribution is 0.0168. The van der Waals surface area contributed by atoms with E-state index in [-0.39, 0.29) is 24.0 Å². The van der Waals surface area contributed by atoms with Gasteiger partial charge < -0.3 is 20.5 Å². The van der Waals surface area contributed by atoms with Crippen molar-refractivity contribution >= 4 is 28.7 Å². The number of esters is 1. The Kier molecular flexibility index (Phi) is 8.23. The molecule has 224 valence electrons. The number of aromatic nitrogens is 4. The van der Waals surface area contributed by atoms with Gasteiger partial charge in [-0.2, -0.15) is 5.10 Å². The Labute approximate surface area is 255 Å². The zero-order valence-electron chi connectivity index (χ0n) is 24.7. The molecule has 10 heteroatoms. The molecule has 1 saturated carbocycles. The van der Waals surface area contributed by atoms with E-state index in [4.69, 9.17) is 20.3 Å². The Bertz CT molecular complexity index is 1790. The first-order valence-electron chi connectivity index (χ1n) is 14.7. The average molecular weight is 591 g/mol. The van der Waals surface area contributed by atoms with Crippen LogP contribution in [0.25, 0.3) is 22.3 Å². The van der Waals surface area contributed by atoms with Crippen LogP contribution in [0.3, 0.4) is 0 Å². The number of anilines is 1. The van der Waals surface area contributed by atoms with Crippen LogP contribution in [0.1, 0.15) is 63.6 Å². The van der Waals surface area contributed by atoms with E-state index >= 15 is 0 Å². The SMILES string of the molecule is COc1ccccc1C(=O)NCc1ccc(-c2nn(C3CCC(OC(=O)c4ccc(C)cc4)CC3)c3ncnc(N)c23)cc1. The topological polar surface area (TPSA) is 134 Å². The Morgan fingerprint density at radius 1 is 0.955 bits per heavy atom. The molecule has 0 unspecified atom stereocenters. The number of hydrogen-bond acceptors (Lipinski definition) is 8. The van der Waals surface area contributed by atoms with Crippen molar-refractivity contribution < 1.29 is 19.1 Å². The van der Waals surface area contributed by atoms with Crippen LogP contribution in [0.4, 0.5) is 5.82 Å². The summed E-state index contributed by atoms with van der Waals surface area (Å²) in [5.41, 5.74) is 11.7. The highest BCUT2D eigenvalue weighted by Crippen LogP contribution is 2.36. The summed E-state index contributed by atoms with van der Waals surface area (Å²) in [6.07, 6.45) is 4.36. The number of nitrogens with one attached hydrogen (secondary N) is 1. The molecule has 44 heavy (non-hydrogen) atoms. The van der Waals surface area contributed by atoms with E-state index in [1.165, 1.54) is 6.33 Å². The molecular formula is C34H34N6O4. The monoisotopic (exact) mass is 590 g/mol. The molecule has 1 aliphatic rings. The Balaban J connectivity index is 1.15. The fourth-order valence-corrected chi connectivity index (χ4v) is 5.66. The third-order valence-electron chi connectivity index (χ3n) is 8.10. The van der Waals surface area contributed by atoms with E-state index in [2.05, 4.69) is 15.3 Å². The Morgan fingerprint density at radius 3 is 2.41 bits per heavy atom. The summed E-state index contributed by atoms with van der Waals surface area (Å²) in [6.45, 7) is 2.34. The highest BCUT2D eigenvalue weighted by Gasteiger charge is 2.29. The summed E-state index contributed by atoms with van der Waals surface area (Å²) in [5, 5.41) is 8.65. The number of nitrogens with zero attached hydrogens (tertiary/aromatic N) is 4. The third-order valence-corrected chi connectivity index (χ3v) is 8.10. The van der Waals surface area contributed by atoms with Crippen molar-refractivity contribution in [2.24, 2.45) is 0 Å². The number of nitrogen functional groups attached to an aromatic ring is 1. The summed E-state index contributed by atoms with van der Waals surface area (Å²) in [7, 11) is 1.54. The number of para-hydroxylation sites is 1. The first-order chi connectivity index (χ1) is 21.4. The van der Waals surface area contributed by atoms with E-state index < -0.39 is 0 Å². The number of ether oxygens (including phenoxy) is 2. The standard InChI is InChI=1S/C34H34N6O4/c1-21-7-11-24(12-8-21)34(42)44-26-17-15-25(16-18-26)40-32-29(31(35)37-20-38-32)30(39-40)23-13-9-22(10-14-23)19-36-33(41)27-5-3-4-6-28(27)43-2/h3-14,20,25-26H,15-19H2,1-2H3,(H,36,41)(H2,35,37,38). The number of fused-ring (bicyclic) bond motifs is 1. The third kappa shape index (κ3) is 5.96. The van der Waals surface area contributed by atoms with Crippen molar-refractivity contribution in [3.05, 3.63) is 101 Å². The molecule has 1 amide bonds. The first kappa shape index (κ1) is 28.9. The highest BCUT2D eigenvalue weighted by atomic mass is 16.5. The van der Waals surface area contributed by atoms with Crippen molar-refractivity contribution in [1.82, 2.24) is 25.1 Å². The maximum atomic E-state index is 12.7. The van der Waals surface area contributed by atoms with Gasteiger partial charge in [0, 0.05) is 12.1 Å². The molecule has 1 aliphatic carbocycles. The van der Waals surface area contributed by atoms with Crippen LogP contribution >= 0.6 is 0 Å². The number of hydrogen-bond donors (Lipinski definition) is 2. The fourth-order valence-electron chi connectivity index (χ4n) is 5.66. The van der Waals surface area contributed by atoms with Gasteiger partial charge in [0.2, 0.25) is 0 Å². The maximum absolute atomic E-state index is 12.7. The normalized spacial score (nSPS) is 16.4. The van der Waals surface area contributed by atoms with Gasteiger partial charge in [-0.05, 0) is 62.4 Å². The number of carbonyl (C=O) groups excluding carboxylic acids is 2. The molecule has 3 N–H and O–H groups in total. The van der Waals surface area contributed by atoms with E-state index in [9.17, 15) is 9.59 Å². The zero-order valence-corrected chi connectivity index (χ0v) is 24.7. The molecule has 0 aliphatic heterocycles. The Hall–Kier alpha value is -5.25. The van der Waals surface area contributed by atoms with Crippen molar-refractivity contribution in [1.29, 1.82) is 0 Å². The highest BCUT2D eigenvalue weighted by molar-refractivity contribution is 5.98. The van der Waals surface area contributed by atoms with Gasteiger partial charge in [0.25, 0.3) is 5.91 Å². The number of carbonyl (C=O) groups is 2. The van der Waals surface area contributed by atoms with Crippen molar-refractivity contribution in [3.63, 3.8) is 0 Å². The number of benzene rings is 3. The second-order valence-electron chi connectivity index (χ2n) is 11.0. The van der Waals surface area contributed by atoms with E-state index in [1.807, 2.05) is 54.1 Å². The molecule has 2 aromatic heterocycles. The smallest absolute Gasteiger partial charge is 0.338 e. The zero-order chi connectivity index (χ0) is 30.6. The molecule has 10 nitrogen and oxygen atoms in total. The molecule has 0 saturated heterocycles. The van der Waals surface area contributed by atoms with E-state index in [0.717, 1.165) is 42.4 Å². The van der Waals surface area contributed by atoms with Gasteiger partial charge in [-0.15, -0.1) is 0 Å². The second-order valence-corrected chi connectivity index (χ2v) is 11.0. The molecule has 0 spiro atoms. The molecule has 0 radical (unpaired) electrons. The van der Waals surface area contributed by atoms with Crippen LogP contribution in [0.15, 0.2) is 79.1 Å². The number of nitrogens with two attached hydrogens (primary N) is 1. The van der Waals surface area contributed by atoms with Crippen LogP contribution in [0, 0.1) is 6.92 Å². The van der Waals surface area contributed by atoms with Gasteiger partial charge in [-0.25, -0.2) is 19.4 Å². The summed E-state index contributed by atoms with van der Waals surface area (Å²) < 4.78 is 13.1. The number of aryl methyl sites for hydroxylation is 1. The van der Waals surface area contributed by atoms with Gasteiger partial charge in [0.05, 0.1) is 29.7 Å². The predicted octanol–water partition coefficient (Wildman–Crippen LogP) is 5.66. The number of methoxy groups -OCH3 is 1. The van der Waals surface area contributed by atoms with E-state index in [1.54, 1.807) is 37.4 Å². The minimum absolute atomic E-state index is 0.0827. The Morgan fingerprint density at radius 2 is 1.68 bits per heavy atom. The van der Waals surface area contributed by atoms with Gasteiger partial charge >= 0.3 is 5.97 Å². The fraction of sp³-hybridized carbons (Fsp3) is 0.265. The molecule has 2 heterocycles. The summed E-state index contributed by atoms with van der Waals surface area (Å²) in [4.78, 5) is 34.1. The predicted molar refractivity (Wildman–Crippen MR) is 167 cm³/mol. The molecular weight excluding hydrogens is 556 g/mol. The van der Waals surface area contributed by atoms with E-state index in [0.29, 0.717) is 46.0 Å². The average Bonchev–Trinajstić information content (AvgIpc) is 3.45. The minimum Gasteiger partial charge on any atom is -0.496 e. The lowest BCUT2D eigenvalue weighted by Gasteiger charge is -2.28. The maximum Gasteiger partial charge on any atom is 0.338 e. The van der Waals surface area contributed by atoms with Gasteiger partial charge in [0.1, 0.15) is 29.7 Å². The van der Waals surface area contributed by atoms with Crippen molar-refractivity contribution in [3.8, 4) is 17.0 Å². The van der Waals surface area contributed by atoms with Crippen LogP contribution in [0.5, 0.6) is 5.75 Å². The molecule has 0 bridgehead atoms. The largest absolute Gasteiger partial charge is 0.496 e. The van der Waals surface area contributed by atoms with Gasteiger partial charge in [-0.1, -0.05) is 54.1 Å². The number of rotatable bonds is 8. The molecule has 6 rings (SSSR count). The molecule has 0 atom stereocenters.